The Morgan fingerprint density at radius 1 is 1.36 bits per heavy atom. The first-order valence-corrected chi connectivity index (χ1v) is 8.22. The molecule has 136 valence electrons. The third-order valence-electron chi connectivity index (χ3n) is 4.17. The van der Waals surface area contributed by atoms with Crippen LogP contribution in [0.4, 0.5) is 19.0 Å². The fraction of sp³-hybridized carbons (Fsp3) is 0.600. The number of amides is 1. The van der Waals surface area contributed by atoms with Gasteiger partial charge in [-0.15, -0.1) is 15.3 Å². The van der Waals surface area contributed by atoms with Gasteiger partial charge in [-0.3, -0.25) is 4.79 Å². The van der Waals surface area contributed by atoms with E-state index < -0.39 is 12.0 Å². The van der Waals surface area contributed by atoms with Gasteiger partial charge >= 0.3 is 6.18 Å². The van der Waals surface area contributed by atoms with Crippen molar-refractivity contribution in [3.05, 3.63) is 18.0 Å². The summed E-state index contributed by atoms with van der Waals surface area (Å²) in [5.74, 6) is -0.988. The van der Waals surface area contributed by atoms with Crippen LogP contribution in [-0.4, -0.2) is 45.4 Å². The number of carbonyl (C=O) groups excluding carboxylic acids is 1. The molecule has 1 N–H and O–H groups in total. The van der Waals surface area contributed by atoms with Crippen molar-refractivity contribution in [1.82, 2.24) is 25.1 Å². The highest BCUT2D eigenvalue weighted by Gasteiger charge is 2.38. The molecule has 0 bridgehead atoms. The van der Waals surface area contributed by atoms with Gasteiger partial charge in [-0.25, -0.2) is 0 Å². The van der Waals surface area contributed by atoms with Crippen LogP contribution >= 0.6 is 0 Å². The van der Waals surface area contributed by atoms with Gasteiger partial charge in [-0.05, 0) is 31.4 Å². The molecule has 1 atom stereocenters. The molecule has 2 aromatic rings. The van der Waals surface area contributed by atoms with E-state index in [0.717, 1.165) is 19.3 Å². The molecule has 1 unspecified atom stereocenters. The first-order valence-electron chi connectivity index (χ1n) is 8.22. The zero-order valence-corrected chi connectivity index (χ0v) is 13.8. The molecular weight excluding hydrogens is 337 g/mol. The quantitative estimate of drug-likeness (QED) is 0.905. The molecule has 1 aliphatic rings. The minimum absolute atomic E-state index is 0.0205. The van der Waals surface area contributed by atoms with Gasteiger partial charge in [0.05, 0.1) is 5.92 Å². The highest BCUT2D eigenvalue weighted by Crippen LogP contribution is 2.28. The van der Waals surface area contributed by atoms with Crippen LogP contribution in [-0.2, 0) is 11.0 Å². The summed E-state index contributed by atoms with van der Waals surface area (Å²) in [5, 5.41) is 13.6. The molecule has 2 aromatic heterocycles. The highest BCUT2D eigenvalue weighted by molar-refractivity contribution is 5.79. The van der Waals surface area contributed by atoms with Gasteiger partial charge in [0.2, 0.25) is 5.91 Å². The van der Waals surface area contributed by atoms with Gasteiger partial charge in [0.15, 0.2) is 5.65 Å². The molecular formula is C15H19F3N6O. The lowest BCUT2D eigenvalue weighted by molar-refractivity contribution is -0.146. The number of nitrogens with zero attached hydrogens (tertiary/aromatic N) is 5. The monoisotopic (exact) mass is 356 g/mol. The van der Waals surface area contributed by atoms with E-state index in [1.54, 1.807) is 6.07 Å². The van der Waals surface area contributed by atoms with E-state index in [1.165, 1.54) is 6.07 Å². The van der Waals surface area contributed by atoms with Crippen LogP contribution in [0.1, 0.15) is 32.0 Å². The van der Waals surface area contributed by atoms with E-state index in [0.29, 0.717) is 30.0 Å². The Labute approximate surface area is 142 Å². The fourth-order valence-electron chi connectivity index (χ4n) is 2.92. The van der Waals surface area contributed by atoms with Crippen molar-refractivity contribution in [3.8, 4) is 0 Å². The van der Waals surface area contributed by atoms with Gasteiger partial charge in [0.25, 0.3) is 5.82 Å². The standard InChI is InChI=1S/C15H19F3N6O/c1-2-7-19-13(25)10-4-3-8-23(9-10)12-6-5-11-20-21-14(15(16,17)18)24(11)22-12/h5-6,10H,2-4,7-9H2,1H3,(H,19,25). The molecule has 10 heteroatoms. The number of rotatable bonds is 4. The second-order valence-corrected chi connectivity index (χ2v) is 6.06. The lowest BCUT2D eigenvalue weighted by Gasteiger charge is -2.32. The van der Waals surface area contributed by atoms with Gasteiger partial charge in [0, 0.05) is 19.6 Å². The number of aromatic nitrogens is 4. The zero-order valence-electron chi connectivity index (χ0n) is 13.8. The minimum atomic E-state index is -4.63. The Kier molecular flexibility index (Phi) is 4.78. The lowest BCUT2D eigenvalue weighted by Crippen LogP contribution is -2.43. The van der Waals surface area contributed by atoms with Crippen molar-refractivity contribution in [3.63, 3.8) is 0 Å². The average molecular weight is 356 g/mol. The van der Waals surface area contributed by atoms with E-state index >= 15 is 0 Å². The summed E-state index contributed by atoms with van der Waals surface area (Å²) in [7, 11) is 0. The lowest BCUT2D eigenvalue weighted by atomic mass is 9.97. The second kappa shape index (κ2) is 6.85. The number of piperidine rings is 1. The van der Waals surface area contributed by atoms with Crippen molar-refractivity contribution in [2.75, 3.05) is 24.5 Å². The third-order valence-corrected chi connectivity index (χ3v) is 4.17. The van der Waals surface area contributed by atoms with Crippen LogP contribution in [0.2, 0.25) is 0 Å². The predicted molar refractivity (Wildman–Crippen MR) is 84.0 cm³/mol. The summed E-state index contributed by atoms with van der Waals surface area (Å²) >= 11 is 0. The van der Waals surface area contributed by atoms with Gasteiger partial charge in [-0.2, -0.15) is 17.7 Å². The molecule has 0 aromatic carbocycles. The number of hydrogen-bond acceptors (Lipinski definition) is 5. The summed E-state index contributed by atoms with van der Waals surface area (Å²) < 4.78 is 39.6. The molecule has 3 rings (SSSR count). The molecule has 1 aliphatic heterocycles. The van der Waals surface area contributed by atoms with Crippen molar-refractivity contribution in [2.45, 2.75) is 32.4 Å². The molecule has 1 amide bonds. The summed E-state index contributed by atoms with van der Waals surface area (Å²) in [5.41, 5.74) is 0.0327. The van der Waals surface area contributed by atoms with Crippen LogP contribution in [0.3, 0.4) is 0 Å². The molecule has 25 heavy (non-hydrogen) atoms. The van der Waals surface area contributed by atoms with Crippen LogP contribution < -0.4 is 10.2 Å². The number of nitrogens with one attached hydrogen (secondary N) is 1. The molecule has 0 spiro atoms. The molecule has 1 fully saturated rings. The van der Waals surface area contributed by atoms with E-state index in [1.807, 2.05) is 11.8 Å². The Hall–Kier alpha value is -2.39. The number of alkyl halides is 3. The predicted octanol–water partition coefficient (Wildman–Crippen LogP) is 1.89. The third kappa shape index (κ3) is 3.67. The SMILES string of the molecule is CCCNC(=O)C1CCCN(c2ccc3nnc(C(F)(F)F)n3n2)C1. The highest BCUT2D eigenvalue weighted by atomic mass is 19.4. The number of anilines is 1. The Balaban J connectivity index is 1.82. The Morgan fingerprint density at radius 2 is 2.16 bits per heavy atom. The zero-order chi connectivity index (χ0) is 18.0. The number of hydrogen-bond donors (Lipinski definition) is 1. The fourth-order valence-corrected chi connectivity index (χ4v) is 2.92. The van der Waals surface area contributed by atoms with Crippen molar-refractivity contribution in [2.24, 2.45) is 5.92 Å². The summed E-state index contributed by atoms with van der Waals surface area (Å²) in [4.78, 5) is 14.0. The molecule has 0 saturated carbocycles. The molecule has 3 heterocycles. The van der Waals surface area contributed by atoms with Crippen LogP contribution in [0.5, 0.6) is 0 Å². The van der Waals surface area contributed by atoms with Crippen molar-refractivity contribution in [1.29, 1.82) is 0 Å². The van der Waals surface area contributed by atoms with Gasteiger partial charge < -0.3 is 10.2 Å². The normalized spacial score (nSPS) is 18.6. The molecule has 7 nitrogen and oxygen atoms in total. The summed E-state index contributed by atoms with van der Waals surface area (Å²) in [6.45, 7) is 3.66. The summed E-state index contributed by atoms with van der Waals surface area (Å²) in [6, 6.07) is 3.06. The van der Waals surface area contributed by atoms with Crippen LogP contribution in [0.15, 0.2) is 12.1 Å². The summed E-state index contributed by atoms with van der Waals surface area (Å²) in [6.07, 6.45) is -2.24. The maximum atomic E-state index is 13.0. The van der Waals surface area contributed by atoms with Crippen LogP contribution in [0, 0.1) is 5.92 Å². The first kappa shape index (κ1) is 17.4. The number of carbonyl (C=O) groups is 1. The Morgan fingerprint density at radius 3 is 2.88 bits per heavy atom. The van der Waals surface area contributed by atoms with E-state index in [2.05, 4.69) is 20.6 Å². The maximum Gasteiger partial charge on any atom is 0.453 e. The van der Waals surface area contributed by atoms with E-state index in [9.17, 15) is 18.0 Å². The van der Waals surface area contributed by atoms with Crippen molar-refractivity contribution >= 4 is 17.4 Å². The van der Waals surface area contributed by atoms with Crippen molar-refractivity contribution < 1.29 is 18.0 Å². The number of fused-ring (bicyclic) bond motifs is 1. The smallest absolute Gasteiger partial charge is 0.356 e. The molecule has 0 aliphatic carbocycles. The van der Waals surface area contributed by atoms with Crippen LogP contribution in [0.25, 0.3) is 5.65 Å². The topological polar surface area (TPSA) is 75.4 Å². The second-order valence-electron chi connectivity index (χ2n) is 6.06. The maximum absolute atomic E-state index is 13.0. The van der Waals surface area contributed by atoms with E-state index in [4.69, 9.17) is 0 Å². The molecule has 0 radical (unpaired) electrons. The average Bonchev–Trinajstić information content (AvgIpc) is 3.03. The van der Waals surface area contributed by atoms with E-state index in [-0.39, 0.29) is 17.5 Å². The van der Waals surface area contributed by atoms with Gasteiger partial charge in [0.1, 0.15) is 5.82 Å². The molecule has 1 saturated heterocycles. The largest absolute Gasteiger partial charge is 0.453 e. The number of halogens is 3. The minimum Gasteiger partial charge on any atom is -0.356 e. The first-order chi connectivity index (χ1) is 11.9. The Bertz CT molecular complexity index is 759. The van der Waals surface area contributed by atoms with Gasteiger partial charge in [-0.1, -0.05) is 6.92 Å².